The maximum absolute atomic E-state index is 12.2. The zero-order valence-electron chi connectivity index (χ0n) is 11.4. The number of benzene rings is 1. The van der Waals surface area contributed by atoms with Gasteiger partial charge in [0.1, 0.15) is 5.82 Å². The van der Waals surface area contributed by atoms with Crippen molar-refractivity contribution in [3.05, 3.63) is 51.6 Å². The molecule has 1 amide bonds. The summed E-state index contributed by atoms with van der Waals surface area (Å²) in [5.74, 6) is 0.170. The summed E-state index contributed by atoms with van der Waals surface area (Å²) >= 11 is 3.45. The van der Waals surface area contributed by atoms with Gasteiger partial charge in [-0.2, -0.15) is 0 Å². The average molecular weight is 334 g/mol. The molecule has 0 bridgehead atoms. The quantitative estimate of drug-likeness (QED) is 0.902. The summed E-state index contributed by atoms with van der Waals surface area (Å²) < 4.78 is 0.957. The van der Waals surface area contributed by atoms with Crippen LogP contribution in [-0.2, 0) is 6.42 Å². The van der Waals surface area contributed by atoms with E-state index >= 15 is 0 Å². The molecule has 0 fully saturated rings. The normalized spacial score (nSPS) is 10.3. The van der Waals surface area contributed by atoms with Crippen LogP contribution in [-0.4, -0.2) is 10.9 Å². The van der Waals surface area contributed by atoms with Crippen LogP contribution in [0.4, 0.5) is 11.5 Å². The molecule has 0 saturated heterocycles. The van der Waals surface area contributed by atoms with Gasteiger partial charge < -0.3 is 11.1 Å². The molecule has 0 spiro atoms. The fourth-order valence-electron chi connectivity index (χ4n) is 1.80. The van der Waals surface area contributed by atoms with Crippen LogP contribution in [0.5, 0.6) is 0 Å². The van der Waals surface area contributed by atoms with E-state index in [9.17, 15) is 4.79 Å². The molecule has 1 heterocycles. The van der Waals surface area contributed by atoms with Crippen LogP contribution in [0, 0.1) is 6.92 Å². The number of halogens is 1. The Kier molecular flexibility index (Phi) is 4.39. The van der Waals surface area contributed by atoms with Crippen LogP contribution in [0.25, 0.3) is 0 Å². The van der Waals surface area contributed by atoms with E-state index in [0.29, 0.717) is 11.4 Å². The van der Waals surface area contributed by atoms with Crippen LogP contribution in [0.3, 0.4) is 0 Å². The molecule has 0 aliphatic rings. The molecule has 0 unspecified atom stereocenters. The first kappa shape index (κ1) is 14.5. The number of nitrogen functional groups attached to an aromatic ring is 1. The van der Waals surface area contributed by atoms with Gasteiger partial charge in [0.25, 0.3) is 5.91 Å². The van der Waals surface area contributed by atoms with E-state index in [1.54, 1.807) is 12.1 Å². The largest absolute Gasteiger partial charge is 0.384 e. The minimum absolute atomic E-state index is 0.190. The number of hydrogen-bond acceptors (Lipinski definition) is 3. The molecular formula is C15H16BrN3O. The van der Waals surface area contributed by atoms with Gasteiger partial charge in [0.15, 0.2) is 0 Å². The number of hydrogen-bond donors (Lipinski definition) is 2. The van der Waals surface area contributed by atoms with Crippen LogP contribution < -0.4 is 11.1 Å². The Morgan fingerprint density at radius 2 is 2.10 bits per heavy atom. The second kappa shape index (κ2) is 6.05. The molecule has 20 heavy (non-hydrogen) atoms. The lowest BCUT2D eigenvalue weighted by atomic mass is 10.1. The van der Waals surface area contributed by atoms with Crippen molar-refractivity contribution >= 4 is 33.3 Å². The number of pyridine rings is 1. The first-order valence-corrected chi connectivity index (χ1v) is 7.13. The summed E-state index contributed by atoms with van der Waals surface area (Å²) in [5, 5.41) is 2.85. The van der Waals surface area contributed by atoms with Crippen molar-refractivity contribution in [3.63, 3.8) is 0 Å². The maximum Gasteiger partial charge on any atom is 0.255 e. The SMILES string of the molecule is CCc1cc(C(=O)Nc2ccc(C)c(Br)c2)cc(N)n1. The van der Waals surface area contributed by atoms with Crippen LogP contribution >= 0.6 is 15.9 Å². The van der Waals surface area contributed by atoms with E-state index < -0.39 is 0 Å². The van der Waals surface area contributed by atoms with Crippen LogP contribution in [0.15, 0.2) is 34.8 Å². The number of carbonyl (C=O) groups is 1. The van der Waals surface area contributed by atoms with E-state index in [2.05, 4.69) is 26.2 Å². The number of amides is 1. The first-order chi connectivity index (χ1) is 9.49. The minimum Gasteiger partial charge on any atom is -0.384 e. The highest BCUT2D eigenvalue weighted by atomic mass is 79.9. The van der Waals surface area contributed by atoms with Crippen molar-refractivity contribution < 1.29 is 4.79 Å². The summed E-state index contributed by atoms with van der Waals surface area (Å²) in [7, 11) is 0. The highest BCUT2D eigenvalue weighted by Crippen LogP contribution is 2.21. The molecule has 0 atom stereocenters. The molecule has 0 radical (unpaired) electrons. The van der Waals surface area contributed by atoms with Crippen molar-refractivity contribution in [1.29, 1.82) is 0 Å². The summed E-state index contributed by atoms with van der Waals surface area (Å²) in [6, 6.07) is 9.02. The number of nitrogens with two attached hydrogens (primary N) is 1. The van der Waals surface area contributed by atoms with E-state index in [0.717, 1.165) is 27.8 Å². The number of aryl methyl sites for hydroxylation is 2. The molecule has 1 aromatic carbocycles. The van der Waals surface area contributed by atoms with Gasteiger partial charge in [-0.05, 0) is 43.2 Å². The molecule has 0 aliphatic carbocycles. The van der Waals surface area contributed by atoms with Crippen molar-refractivity contribution in [1.82, 2.24) is 4.98 Å². The highest BCUT2D eigenvalue weighted by molar-refractivity contribution is 9.10. The lowest BCUT2D eigenvalue weighted by Crippen LogP contribution is -2.13. The number of rotatable bonds is 3. The van der Waals surface area contributed by atoms with Gasteiger partial charge in [-0.1, -0.05) is 28.9 Å². The maximum atomic E-state index is 12.2. The number of carbonyl (C=O) groups excluding carboxylic acids is 1. The van der Waals surface area contributed by atoms with Crippen molar-refractivity contribution in [2.45, 2.75) is 20.3 Å². The molecule has 2 aromatic rings. The Balaban J connectivity index is 2.23. The lowest BCUT2D eigenvalue weighted by Gasteiger charge is -2.08. The minimum atomic E-state index is -0.190. The highest BCUT2D eigenvalue weighted by Gasteiger charge is 2.09. The van der Waals surface area contributed by atoms with Crippen LogP contribution in [0.1, 0.15) is 28.5 Å². The van der Waals surface area contributed by atoms with Crippen molar-refractivity contribution in [2.75, 3.05) is 11.1 Å². The van der Waals surface area contributed by atoms with Gasteiger partial charge in [0, 0.05) is 21.4 Å². The van der Waals surface area contributed by atoms with Gasteiger partial charge in [0.2, 0.25) is 0 Å². The zero-order chi connectivity index (χ0) is 14.7. The number of nitrogens with zero attached hydrogens (tertiary/aromatic N) is 1. The van der Waals surface area contributed by atoms with Gasteiger partial charge in [-0.3, -0.25) is 4.79 Å². The van der Waals surface area contributed by atoms with Gasteiger partial charge in [-0.15, -0.1) is 0 Å². The summed E-state index contributed by atoms with van der Waals surface area (Å²) in [6.45, 7) is 3.97. The Morgan fingerprint density at radius 3 is 2.75 bits per heavy atom. The third-order valence-electron chi connectivity index (χ3n) is 2.95. The van der Waals surface area contributed by atoms with E-state index in [4.69, 9.17) is 5.73 Å². The van der Waals surface area contributed by atoms with E-state index in [-0.39, 0.29) is 5.91 Å². The Labute approximate surface area is 126 Å². The molecule has 1 aromatic heterocycles. The average Bonchev–Trinajstić information content (AvgIpc) is 2.42. The molecule has 104 valence electrons. The zero-order valence-corrected chi connectivity index (χ0v) is 13.0. The second-order valence-corrected chi connectivity index (χ2v) is 5.40. The summed E-state index contributed by atoms with van der Waals surface area (Å²) in [6.07, 6.45) is 0.737. The summed E-state index contributed by atoms with van der Waals surface area (Å²) in [5.41, 5.74) is 8.89. The lowest BCUT2D eigenvalue weighted by molar-refractivity contribution is 0.102. The Morgan fingerprint density at radius 1 is 1.35 bits per heavy atom. The monoisotopic (exact) mass is 333 g/mol. The molecule has 0 saturated carbocycles. The van der Waals surface area contributed by atoms with Gasteiger partial charge in [0.05, 0.1) is 0 Å². The number of aromatic nitrogens is 1. The predicted octanol–water partition coefficient (Wildman–Crippen LogP) is 3.55. The summed E-state index contributed by atoms with van der Waals surface area (Å²) in [4.78, 5) is 16.4. The van der Waals surface area contributed by atoms with Crippen molar-refractivity contribution in [2.24, 2.45) is 0 Å². The van der Waals surface area contributed by atoms with E-state index in [1.807, 2.05) is 32.0 Å². The molecule has 2 rings (SSSR count). The molecule has 0 aliphatic heterocycles. The Hall–Kier alpha value is -1.88. The molecule has 3 N–H and O–H groups in total. The smallest absolute Gasteiger partial charge is 0.255 e. The van der Waals surface area contributed by atoms with E-state index in [1.165, 1.54) is 0 Å². The van der Waals surface area contributed by atoms with Crippen molar-refractivity contribution in [3.8, 4) is 0 Å². The Bertz CT molecular complexity index is 656. The third-order valence-corrected chi connectivity index (χ3v) is 3.81. The fraction of sp³-hybridized carbons (Fsp3) is 0.200. The molecular weight excluding hydrogens is 318 g/mol. The first-order valence-electron chi connectivity index (χ1n) is 6.33. The molecule has 4 nitrogen and oxygen atoms in total. The third kappa shape index (κ3) is 3.36. The van der Waals surface area contributed by atoms with Gasteiger partial charge in [-0.25, -0.2) is 4.98 Å². The van der Waals surface area contributed by atoms with Crippen LogP contribution in [0.2, 0.25) is 0 Å². The second-order valence-electron chi connectivity index (χ2n) is 4.54. The number of anilines is 2. The number of nitrogens with one attached hydrogen (secondary N) is 1. The topological polar surface area (TPSA) is 68.0 Å². The standard InChI is InChI=1S/C15H16BrN3O/c1-3-11-6-10(7-14(17)18-11)15(20)19-12-5-4-9(2)13(16)8-12/h4-8H,3H2,1-2H3,(H2,17,18)(H,19,20). The predicted molar refractivity (Wildman–Crippen MR) is 84.9 cm³/mol. The molecule has 5 heteroatoms. The fourth-order valence-corrected chi connectivity index (χ4v) is 2.18. The van der Waals surface area contributed by atoms with Gasteiger partial charge >= 0.3 is 0 Å².